The molecular formula is C20H16ClFN4O3. The Hall–Kier alpha value is -3.10. The van der Waals surface area contributed by atoms with Crippen LogP contribution in [0.1, 0.15) is 28.4 Å². The predicted molar refractivity (Wildman–Crippen MR) is 104 cm³/mol. The van der Waals surface area contributed by atoms with Gasteiger partial charge in [-0.3, -0.25) is 14.8 Å². The zero-order valence-corrected chi connectivity index (χ0v) is 15.9. The summed E-state index contributed by atoms with van der Waals surface area (Å²) in [6.45, 7) is 0.909. The van der Waals surface area contributed by atoms with E-state index >= 15 is 0 Å². The second-order valence-corrected chi connectivity index (χ2v) is 6.73. The van der Waals surface area contributed by atoms with Gasteiger partial charge in [-0.2, -0.15) is 0 Å². The van der Waals surface area contributed by atoms with Gasteiger partial charge in [0.15, 0.2) is 5.78 Å². The van der Waals surface area contributed by atoms with E-state index in [4.69, 9.17) is 20.8 Å². The van der Waals surface area contributed by atoms with E-state index in [1.54, 1.807) is 18.5 Å². The molecule has 0 radical (unpaired) electrons. The molecule has 1 N–H and O–H groups in total. The van der Waals surface area contributed by atoms with Crippen LogP contribution in [0.25, 0.3) is 0 Å². The Morgan fingerprint density at radius 3 is 2.90 bits per heavy atom. The fourth-order valence-electron chi connectivity index (χ4n) is 2.90. The number of carbonyl (C=O) groups is 1. The van der Waals surface area contributed by atoms with Crippen molar-refractivity contribution in [1.29, 1.82) is 0 Å². The maximum atomic E-state index is 13.3. The molecule has 3 aromatic rings. The number of Topliss-reactive ketones (excluding diaryl/α,β-unsaturated/α-hetero) is 1. The van der Waals surface area contributed by atoms with Crippen molar-refractivity contribution >= 4 is 28.8 Å². The molecular weight excluding hydrogens is 399 g/mol. The summed E-state index contributed by atoms with van der Waals surface area (Å²) in [6, 6.07) is 5.74. The van der Waals surface area contributed by atoms with Gasteiger partial charge in [0.1, 0.15) is 24.4 Å². The van der Waals surface area contributed by atoms with Gasteiger partial charge in [0.05, 0.1) is 41.3 Å². The number of carbonyl (C=O) groups excluding carboxylic acids is 1. The van der Waals surface area contributed by atoms with E-state index in [1.807, 2.05) is 0 Å². The molecule has 3 heterocycles. The largest absolute Gasteiger partial charge is 0.488 e. The maximum absolute atomic E-state index is 13.3. The highest BCUT2D eigenvalue weighted by molar-refractivity contribution is 6.30. The first-order chi connectivity index (χ1) is 14.1. The molecule has 0 aliphatic carbocycles. The molecule has 29 heavy (non-hydrogen) atoms. The molecule has 1 aliphatic heterocycles. The Bertz CT molecular complexity index is 1070. The second kappa shape index (κ2) is 8.50. The molecule has 2 aromatic heterocycles. The van der Waals surface area contributed by atoms with Crippen LogP contribution >= 0.6 is 11.6 Å². The first kappa shape index (κ1) is 19.2. The van der Waals surface area contributed by atoms with Crippen molar-refractivity contribution in [1.82, 2.24) is 15.3 Å². The van der Waals surface area contributed by atoms with E-state index in [-0.39, 0.29) is 23.8 Å². The number of nitrogens with zero attached hydrogens (tertiary/aromatic N) is 3. The number of halogens is 2. The minimum atomic E-state index is -0.522. The normalized spacial score (nSPS) is 13.2. The summed E-state index contributed by atoms with van der Waals surface area (Å²) >= 11 is 5.77. The molecule has 0 atom stereocenters. The van der Waals surface area contributed by atoms with Gasteiger partial charge in [0.25, 0.3) is 0 Å². The average molecular weight is 415 g/mol. The van der Waals surface area contributed by atoms with Crippen molar-refractivity contribution in [3.05, 3.63) is 70.9 Å². The first-order valence-corrected chi connectivity index (χ1v) is 9.22. The second-order valence-electron chi connectivity index (χ2n) is 6.33. The number of rotatable bonds is 7. The van der Waals surface area contributed by atoms with E-state index in [9.17, 15) is 9.18 Å². The van der Waals surface area contributed by atoms with Crippen LogP contribution in [0.15, 0.2) is 52.3 Å². The fraction of sp³-hybridized carbons (Fsp3) is 0.200. The Kier molecular flexibility index (Phi) is 5.64. The van der Waals surface area contributed by atoms with Gasteiger partial charge in [-0.1, -0.05) is 11.6 Å². The van der Waals surface area contributed by atoms with E-state index < -0.39 is 5.82 Å². The number of aromatic nitrogens is 2. The molecule has 9 heteroatoms. The molecule has 0 amide bonds. The summed E-state index contributed by atoms with van der Waals surface area (Å²) in [7, 11) is 0. The molecule has 1 aliphatic rings. The number of hydrogen-bond acceptors (Lipinski definition) is 7. The Labute approximate surface area is 170 Å². The number of aliphatic imine (C=N–C) groups is 1. The van der Waals surface area contributed by atoms with Gasteiger partial charge in [0.2, 0.25) is 5.89 Å². The lowest BCUT2D eigenvalue weighted by Gasteiger charge is -2.17. The van der Waals surface area contributed by atoms with E-state index in [0.717, 1.165) is 0 Å². The zero-order chi connectivity index (χ0) is 20.2. The highest BCUT2D eigenvalue weighted by Crippen LogP contribution is 2.29. The minimum Gasteiger partial charge on any atom is -0.488 e. The van der Waals surface area contributed by atoms with Gasteiger partial charge in [-0.05, 0) is 18.2 Å². The molecule has 1 aromatic carbocycles. The highest BCUT2D eigenvalue weighted by atomic mass is 35.5. The summed E-state index contributed by atoms with van der Waals surface area (Å²) < 4.78 is 24.1. The van der Waals surface area contributed by atoms with Crippen molar-refractivity contribution in [2.24, 2.45) is 4.99 Å². The molecule has 0 saturated heterocycles. The van der Waals surface area contributed by atoms with Crippen LogP contribution in [-0.4, -0.2) is 28.1 Å². The zero-order valence-electron chi connectivity index (χ0n) is 15.2. The summed E-state index contributed by atoms with van der Waals surface area (Å²) in [5.74, 6) is 0.381. The van der Waals surface area contributed by atoms with Crippen LogP contribution in [0.4, 0.5) is 10.1 Å². The molecule has 0 saturated carbocycles. The fourth-order valence-corrected chi connectivity index (χ4v) is 3.07. The summed E-state index contributed by atoms with van der Waals surface area (Å²) in [5, 5.41) is 3.14. The number of benzene rings is 1. The molecule has 0 unspecified atom stereocenters. The molecule has 7 nitrogen and oxygen atoms in total. The number of ether oxygens (including phenoxy) is 1. The van der Waals surface area contributed by atoms with Gasteiger partial charge in [-0.25, -0.2) is 9.37 Å². The molecule has 0 fully saturated rings. The quantitative estimate of drug-likeness (QED) is 0.630. The Morgan fingerprint density at radius 1 is 1.21 bits per heavy atom. The first-order valence-electron chi connectivity index (χ1n) is 8.84. The van der Waals surface area contributed by atoms with Crippen LogP contribution in [-0.2, 0) is 13.1 Å². The van der Waals surface area contributed by atoms with Crippen LogP contribution in [0.2, 0.25) is 5.02 Å². The molecule has 0 spiro atoms. The number of oxazole rings is 1. The maximum Gasteiger partial charge on any atom is 0.207 e. The number of ketones is 1. The lowest BCUT2D eigenvalue weighted by atomic mass is 10.00. The third kappa shape index (κ3) is 4.49. The van der Waals surface area contributed by atoms with E-state index in [0.29, 0.717) is 47.4 Å². The summed E-state index contributed by atoms with van der Waals surface area (Å²) in [6.07, 6.45) is 4.82. The van der Waals surface area contributed by atoms with Crippen LogP contribution in [0.3, 0.4) is 0 Å². The smallest absolute Gasteiger partial charge is 0.207 e. The number of fused-ring (bicyclic) bond motifs is 1. The van der Waals surface area contributed by atoms with Crippen LogP contribution in [0.5, 0.6) is 5.75 Å². The number of nitrogens with one attached hydrogen (secondary N) is 1. The third-order valence-electron chi connectivity index (χ3n) is 4.28. The SMILES string of the molecule is O=C1CC(COc2ccc(F)c(Cl)c2)=Nc2c1ccnc2CNCc1ncco1. The Morgan fingerprint density at radius 2 is 2.10 bits per heavy atom. The summed E-state index contributed by atoms with van der Waals surface area (Å²) in [4.78, 5) is 25.5. The van der Waals surface area contributed by atoms with Gasteiger partial charge >= 0.3 is 0 Å². The standard InChI is InChI=1S/C20H16ClFN4O3/c21-15-8-13(1-2-16(15)22)29-11-12-7-18(27)14-3-4-24-17(20(14)26-12)9-23-10-19-25-5-6-28-19/h1-6,8,23H,7,9-11H2. The highest BCUT2D eigenvalue weighted by Gasteiger charge is 2.23. The van der Waals surface area contributed by atoms with E-state index in [1.165, 1.54) is 24.5 Å². The van der Waals surface area contributed by atoms with E-state index in [2.05, 4.69) is 20.3 Å². The van der Waals surface area contributed by atoms with Gasteiger partial charge in [-0.15, -0.1) is 0 Å². The number of hydrogen-bond donors (Lipinski definition) is 1. The molecule has 4 rings (SSSR count). The van der Waals surface area contributed by atoms with Crippen molar-refractivity contribution in [3.8, 4) is 5.75 Å². The van der Waals surface area contributed by atoms with Gasteiger partial charge < -0.3 is 14.5 Å². The van der Waals surface area contributed by atoms with Crippen LogP contribution in [0, 0.1) is 5.82 Å². The van der Waals surface area contributed by atoms with Crippen molar-refractivity contribution in [2.45, 2.75) is 19.5 Å². The topological polar surface area (TPSA) is 89.6 Å². The van der Waals surface area contributed by atoms with Crippen molar-refractivity contribution in [2.75, 3.05) is 6.61 Å². The Balaban J connectivity index is 1.48. The molecule has 0 bridgehead atoms. The monoisotopic (exact) mass is 414 g/mol. The minimum absolute atomic E-state index is 0.0295. The predicted octanol–water partition coefficient (Wildman–Crippen LogP) is 3.89. The number of pyridine rings is 1. The van der Waals surface area contributed by atoms with Crippen molar-refractivity contribution in [3.63, 3.8) is 0 Å². The average Bonchev–Trinajstić information content (AvgIpc) is 3.23. The lowest BCUT2D eigenvalue weighted by Crippen LogP contribution is -2.22. The third-order valence-corrected chi connectivity index (χ3v) is 4.57. The van der Waals surface area contributed by atoms with Crippen LogP contribution < -0.4 is 10.1 Å². The molecule has 148 valence electrons. The summed E-state index contributed by atoms with van der Waals surface area (Å²) in [5.41, 5.74) is 2.26. The van der Waals surface area contributed by atoms with Crippen molar-refractivity contribution < 1.29 is 18.3 Å². The van der Waals surface area contributed by atoms with Gasteiger partial charge in [0, 0.05) is 24.4 Å². The lowest BCUT2D eigenvalue weighted by molar-refractivity contribution is 0.0998.